The molecule has 4 nitrogen and oxygen atoms in total. The second kappa shape index (κ2) is 7.47. The van der Waals surface area contributed by atoms with Crippen molar-refractivity contribution in [1.29, 1.82) is 0 Å². The smallest absolute Gasteiger partial charge is 0.227 e. The number of hydrogen-bond acceptors (Lipinski definition) is 3. The van der Waals surface area contributed by atoms with Gasteiger partial charge in [0.2, 0.25) is 5.91 Å². The molecule has 1 amide bonds. The van der Waals surface area contributed by atoms with Crippen LogP contribution in [0.3, 0.4) is 0 Å². The van der Waals surface area contributed by atoms with Crippen molar-refractivity contribution in [3.63, 3.8) is 0 Å². The Labute approximate surface area is 137 Å². The van der Waals surface area contributed by atoms with Crippen molar-refractivity contribution in [3.8, 4) is 0 Å². The van der Waals surface area contributed by atoms with Gasteiger partial charge in [0.25, 0.3) is 0 Å². The Morgan fingerprint density at radius 1 is 1.26 bits per heavy atom. The fraction of sp³-hybridized carbons (Fsp3) is 0.421. The van der Waals surface area contributed by atoms with E-state index in [4.69, 9.17) is 4.42 Å². The molecule has 0 aliphatic carbocycles. The van der Waals surface area contributed by atoms with Crippen molar-refractivity contribution in [2.75, 3.05) is 6.54 Å². The zero-order valence-electron chi connectivity index (χ0n) is 14.0. The molecule has 0 spiro atoms. The van der Waals surface area contributed by atoms with Crippen LogP contribution in [0.25, 0.3) is 0 Å². The number of carbonyl (C=O) groups is 1. The number of hydrogen-bond donors (Lipinski definition) is 2. The summed E-state index contributed by atoms with van der Waals surface area (Å²) in [6, 6.07) is 13.2. The molecular formula is C19H25NO3. The third-order valence-corrected chi connectivity index (χ3v) is 4.31. The van der Waals surface area contributed by atoms with Crippen molar-refractivity contribution in [2.24, 2.45) is 5.92 Å². The Morgan fingerprint density at radius 3 is 2.52 bits per heavy atom. The highest BCUT2D eigenvalue weighted by molar-refractivity contribution is 5.84. The molecule has 2 N–H and O–H groups in total. The maximum absolute atomic E-state index is 12.7. The molecule has 4 heteroatoms. The molecule has 124 valence electrons. The topological polar surface area (TPSA) is 62.5 Å². The zero-order valence-corrected chi connectivity index (χ0v) is 14.0. The molecule has 0 aliphatic heterocycles. The Morgan fingerprint density at radius 2 is 1.96 bits per heavy atom. The molecule has 1 aromatic heterocycles. The van der Waals surface area contributed by atoms with Crippen LogP contribution in [0.4, 0.5) is 0 Å². The first kappa shape index (κ1) is 17.3. The van der Waals surface area contributed by atoms with Crippen molar-refractivity contribution >= 4 is 5.91 Å². The number of aliphatic hydroxyl groups is 1. The maximum Gasteiger partial charge on any atom is 0.227 e. The molecule has 0 fully saturated rings. The van der Waals surface area contributed by atoms with Crippen LogP contribution in [0, 0.1) is 5.92 Å². The van der Waals surface area contributed by atoms with Crippen LogP contribution in [-0.4, -0.2) is 17.6 Å². The number of furan rings is 1. The standard InChI is InChI=1S/C19H25NO3/c1-4-14(2)17(15-9-6-5-7-10-15)18(21)20-13-19(3,22)16-11-8-12-23-16/h5-12,14,17,22H,4,13H2,1-3H3,(H,20,21). The minimum absolute atomic E-state index is 0.0719. The van der Waals surface area contributed by atoms with Gasteiger partial charge in [0.05, 0.1) is 18.7 Å². The van der Waals surface area contributed by atoms with Gasteiger partial charge in [-0.15, -0.1) is 0 Å². The minimum atomic E-state index is -1.23. The monoisotopic (exact) mass is 315 g/mol. The normalized spacial score (nSPS) is 16.3. The molecule has 0 saturated carbocycles. The molecule has 23 heavy (non-hydrogen) atoms. The average molecular weight is 315 g/mol. The van der Waals surface area contributed by atoms with Crippen molar-refractivity contribution in [2.45, 2.75) is 38.7 Å². The number of rotatable bonds is 7. The summed E-state index contributed by atoms with van der Waals surface area (Å²) in [4.78, 5) is 12.7. The molecule has 2 aromatic rings. The molecule has 1 aromatic carbocycles. The van der Waals surface area contributed by atoms with Crippen LogP contribution in [0.5, 0.6) is 0 Å². The molecule has 0 saturated heterocycles. The third-order valence-electron chi connectivity index (χ3n) is 4.31. The van der Waals surface area contributed by atoms with Gasteiger partial charge in [-0.2, -0.15) is 0 Å². The van der Waals surface area contributed by atoms with Crippen LogP contribution in [-0.2, 0) is 10.4 Å². The summed E-state index contributed by atoms with van der Waals surface area (Å²) in [7, 11) is 0. The first-order valence-corrected chi connectivity index (χ1v) is 8.04. The first-order chi connectivity index (χ1) is 11.0. The number of nitrogens with one attached hydrogen (secondary N) is 1. The van der Waals surface area contributed by atoms with E-state index in [-0.39, 0.29) is 24.3 Å². The maximum atomic E-state index is 12.7. The molecule has 0 bridgehead atoms. The van der Waals surface area contributed by atoms with Gasteiger partial charge in [-0.25, -0.2) is 0 Å². The van der Waals surface area contributed by atoms with Gasteiger partial charge in [0.1, 0.15) is 11.4 Å². The highest BCUT2D eigenvalue weighted by Crippen LogP contribution is 2.28. The van der Waals surface area contributed by atoms with Gasteiger partial charge in [-0.1, -0.05) is 50.6 Å². The van der Waals surface area contributed by atoms with Gasteiger partial charge in [-0.3, -0.25) is 4.79 Å². The van der Waals surface area contributed by atoms with E-state index >= 15 is 0 Å². The lowest BCUT2D eigenvalue weighted by atomic mass is 9.84. The quantitative estimate of drug-likeness (QED) is 0.823. The summed E-state index contributed by atoms with van der Waals surface area (Å²) in [5, 5.41) is 13.3. The predicted molar refractivity (Wildman–Crippen MR) is 89.9 cm³/mol. The Kier molecular flexibility index (Phi) is 5.61. The van der Waals surface area contributed by atoms with Gasteiger partial charge in [-0.05, 0) is 30.5 Å². The van der Waals surface area contributed by atoms with E-state index in [1.54, 1.807) is 19.1 Å². The Balaban J connectivity index is 2.10. The van der Waals surface area contributed by atoms with Gasteiger partial charge < -0.3 is 14.8 Å². The van der Waals surface area contributed by atoms with E-state index in [2.05, 4.69) is 19.2 Å². The van der Waals surface area contributed by atoms with E-state index < -0.39 is 5.60 Å². The number of benzene rings is 1. The molecule has 2 rings (SSSR count). The summed E-state index contributed by atoms with van der Waals surface area (Å²) in [5.74, 6) is 0.356. The fourth-order valence-corrected chi connectivity index (χ4v) is 2.68. The van der Waals surface area contributed by atoms with E-state index in [1.165, 1.54) is 6.26 Å². The van der Waals surface area contributed by atoms with Gasteiger partial charge in [0, 0.05) is 0 Å². The fourth-order valence-electron chi connectivity index (χ4n) is 2.68. The van der Waals surface area contributed by atoms with Crippen molar-refractivity contribution < 1.29 is 14.3 Å². The summed E-state index contributed by atoms with van der Waals surface area (Å²) >= 11 is 0. The molecular weight excluding hydrogens is 290 g/mol. The van der Waals surface area contributed by atoms with Crippen LogP contribution in [0.2, 0.25) is 0 Å². The molecule has 3 atom stereocenters. The second-order valence-corrected chi connectivity index (χ2v) is 6.24. The van der Waals surface area contributed by atoms with E-state index in [9.17, 15) is 9.90 Å². The summed E-state index contributed by atoms with van der Waals surface area (Å²) in [6.07, 6.45) is 2.42. The molecule has 1 heterocycles. The first-order valence-electron chi connectivity index (χ1n) is 8.04. The van der Waals surface area contributed by atoms with E-state index in [0.29, 0.717) is 5.76 Å². The van der Waals surface area contributed by atoms with Crippen molar-refractivity contribution in [3.05, 3.63) is 60.1 Å². The highest BCUT2D eigenvalue weighted by atomic mass is 16.4. The lowest BCUT2D eigenvalue weighted by Gasteiger charge is -2.26. The Bertz CT molecular complexity index is 605. The minimum Gasteiger partial charge on any atom is -0.466 e. The summed E-state index contributed by atoms with van der Waals surface area (Å²) in [6.45, 7) is 5.89. The number of amides is 1. The molecule has 0 aliphatic rings. The summed E-state index contributed by atoms with van der Waals surface area (Å²) < 4.78 is 5.24. The lowest BCUT2D eigenvalue weighted by Crippen LogP contribution is -2.41. The van der Waals surface area contributed by atoms with E-state index in [0.717, 1.165) is 12.0 Å². The average Bonchev–Trinajstić information content (AvgIpc) is 3.09. The number of carbonyl (C=O) groups excluding carboxylic acids is 1. The zero-order chi connectivity index (χ0) is 16.9. The largest absolute Gasteiger partial charge is 0.466 e. The SMILES string of the molecule is CCC(C)C(C(=O)NCC(C)(O)c1ccco1)c1ccccc1. The van der Waals surface area contributed by atoms with Crippen LogP contribution in [0.15, 0.2) is 53.1 Å². The van der Waals surface area contributed by atoms with Crippen LogP contribution in [0.1, 0.15) is 44.4 Å². The predicted octanol–water partition coefficient (Wildman–Crippen LogP) is 3.43. The van der Waals surface area contributed by atoms with Crippen LogP contribution >= 0.6 is 0 Å². The van der Waals surface area contributed by atoms with Gasteiger partial charge in [0.15, 0.2) is 0 Å². The van der Waals surface area contributed by atoms with Crippen LogP contribution < -0.4 is 5.32 Å². The lowest BCUT2D eigenvalue weighted by molar-refractivity contribution is -0.125. The van der Waals surface area contributed by atoms with Gasteiger partial charge >= 0.3 is 0 Å². The summed E-state index contributed by atoms with van der Waals surface area (Å²) in [5.41, 5.74) is -0.229. The highest BCUT2D eigenvalue weighted by Gasteiger charge is 2.30. The van der Waals surface area contributed by atoms with E-state index in [1.807, 2.05) is 30.3 Å². The molecule has 3 unspecified atom stereocenters. The molecule has 0 radical (unpaired) electrons. The second-order valence-electron chi connectivity index (χ2n) is 6.24. The van der Waals surface area contributed by atoms with Crippen molar-refractivity contribution in [1.82, 2.24) is 5.32 Å². The third kappa shape index (κ3) is 4.23. The Hall–Kier alpha value is -2.07.